The molecule has 1 aromatic rings. The molecule has 0 aliphatic heterocycles. The molecule has 0 amide bonds. The van der Waals surface area contributed by atoms with Crippen molar-refractivity contribution < 1.29 is 21.6 Å². The first kappa shape index (κ1) is 23.7. The smallest absolute Gasteiger partial charge is 0.203 e. The maximum atomic E-state index is 12.5. The number of alkyl halides is 3. The zero-order chi connectivity index (χ0) is 21.0. The zero-order valence-corrected chi connectivity index (χ0v) is 18.4. The van der Waals surface area contributed by atoms with Gasteiger partial charge in [0.15, 0.2) is 0 Å². The summed E-state index contributed by atoms with van der Waals surface area (Å²) < 4.78 is 61.7. The third kappa shape index (κ3) is 5.37. The lowest BCUT2D eigenvalue weighted by atomic mass is 10.1. The summed E-state index contributed by atoms with van der Waals surface area (Å²) in [5.41, 5.74) is 0.411. The quantitative estimate of drug-likeness (QED) is 0.509. The summed E-state index contributed by atoms with van der Waals surface area (Å²) in [7, 11) is -7.39. The third-order valence-electron chi connectivity index (χ3n) is 5.05. The van der Waals surface area contributed by atoms with E-state index in [4.69, 9.17) is 0 Å². The number of rotatable bonds is 6. The van der Waals surface area contributed by atoms with Crippen molar-refractivity contribution in [3.63, 3.8) is 0 Å². The van der Waals surface area contributed by atoms with Crippen LogP contribution in [0.25, 0.3) is 0 Å². The predicted octanol–water partition coefficient (Wildman–Crippen LogP) is 5.20. The van der Waals surface area contributed by atoms with Crippen molar-refractivity contribution in [3.05, 3.63) is 35.4 Å². The molecule has 0 bridgehead atoms. The van der Waals surface area contributed by atoms with E-state index in [-0.39, 0.29) is 0 Å². The third-order valence-corrected chi connectivity index (χ3v) is 12.5. The molecule has 0 fully saturated rings. The fourth-order valence-corrected chi connectivity index (χ4v) is 9.39. The van der Waals surface area contributed by atoms with Gasteiger partial charge < -0.3 is 0 Å². The highest BCUT2D eigenvalue weighted by atomic mass is 32.2. The van der Waals surface area contributed by atoms with Crippen LogP contribution in [-0.4, -0.2) is 22.0 Å². The number of sulfonamides is 1. The molecule has 0 unspecified atom stereocenters. The number of hydrogen-bond donors (Lipinski definition) is 1. The van der Waals surface area contributed by atoms with Gasteiger partial charge in [0.2, 0.25) is 0 Å². The molecular formula is C19H28F3NO2SSi. The molecule has 0 aliphatic rings. The maximum absolute atomic E-state index is 12.5. The average Bonchev–Trinajstić information content (AvgIpc) is 2.52. The number of halogens is 3. The minimum Gasteiger partial charge on any atom is -0.203 e. The van der Waals surface area contributed by atoms with Crippen molar-refractivity contribution in [2.45, 2.75) is 70.2 Å². The van der Waals surface area contributed by atoms with Crippen molar-refractivity contribution in [1.29, 1.82) is 0 Å². The van der Waals surface area contributed by atoms with Crippen molar-refractivity contribution >= 4 is 18.1 Å². The van der Waals surface area contributed by atoms with Gasteiger partial charge >= 0.3 is 15.5 Å². The molecule has 0 saturated carbocycles. The second-order valence-electron chi connectivity index (χ2n) is 7.57. The molecule has 0 saturated heterocycles. The number of benzene rings is 1. The summed E-state index contributed by atoms with van der Waals surface area (Å²) in [5, 5.41) is 0. The van der Waals surface area contributed by atoms with Gasteiger partial charge in [-0.05, 0) is 28.3 Å². The van der Waals surface area contributed by atoms with E-state index in [1.54, 1.807) is 29.0 Å². The van der Waals surface area contributed by atoms with Gasteiger partial charge in [0, 0.05) is 12.1 Å². The minimum absolute atomic E-state index is 0.417. The van der Waals surface area contributed by atoms with Gasteiger partial charge in [-0.3, -0.25) is 0 Å². The molecule has 0 heterocycles. The normalized spacial score (nSPS) is 13.2. The van der Waals surface area contributed by atoms with Crippen LogP contribution in [-0.2, 0) is 16.6 Å². The summed E-state index contributed by atoms with van der Waals surface area (Å²) in [5.74, 6) is 3.17. The fraction of sp³-hybridized carbons (Fsp3) is 0.579. The minimum atomic E-state index is -5.39. The topological polar surface area (TPSA) is 46.2 Å². The second kappa shape index (κ2) is 8.80. The first-order valence-corrected chi connectivity index (χ1v) is 12.6. The largest absolute Gasteiger partial charge is 0.511 e. The monoisotopic (exact) mass is 419 g/mol. The Bertz CT molecular complexity index is 784. The van der Waals surface area contributed by atoms with Crippen molar-refractivity contribution in [2.75, 3.05) is 0 Å². The second-order valence-corrected chi connectivity index (χ2v) is 14.9. The molecule has 0 atom stereocenters. The molecule has 0 spiro atoms. The van der Waals surface area contributed by atoms with E-state index in [1.165, 1.54) is 0 Å². The Labute approximate surface area is 161 Å². The van der Waals surface area contributed by atoms with Gasteiger partial charge in [-0.2, -0.15) is 13.2 Å². The van der Waals surface area contributed by atoms with Gasteiger partial charge in [-0.1, -0.05) is 65.7 Å². The summed E-state index contributed by atoms with van der Waals surface area (Å²) in [6, 6.07) is 6.70. The SMILES string of the molecule is CC(C)[Si](C#Cc1ccccc1CNS(=O)(=O)C(F)(F)F)(C(C)C)C(C)C. The average molecular weight is 420 g/mol. The van der Waals surface area contributed by atoms with E-state index in [0.717, 1.165) is 0 Å². The Morgan fingerprint density at radius 3 is 1.93 bits per heavy atom. The maximum Gasteiger partial charge on any atom is 0.511 e. The molecule has 0 aliphatic carbocycles. The van der Waals surface area contributed by atoms with Crippen molar-refractivity contribution in [1.82, 2.24) is 4.72 Å². The highest BCUT2D eigenvalue weighted by Gasteiger charge is 2.45. The molecule has 0 radical (unpaired) electrons. The van der Waals surface area contributed by atoms with E-state index < -0.39 is 30.2 Å². The van der Waals surface area contributed by atoms with Crippen molar-refractivity contribution in [2.24, 2.45) is 0 Å². The van der Waals surface area contributed by atoms with E-state index in [0.29, 0.717) is 27.8 Å². The summed E-state index contributed by atoms with van der Waals surface area (Å²) >= 11 is 0. The molecule has 1 aromatic carbocycles. The first-order chi connectivity index (χ1) is 12.3. The van der Waals surface area contributed by atoms with Crippen LogP contribution < -0.4 is 4.72 Å². The van der Waals surface area contributed by atoms with Gasteiger partial charge in [0.1, 0.15) is 8.07 Å². The van der Waals surface area contributed by atoms with Gasteiger partial charge in [0.05, 0.1) is 0 Å². The molecule has 27 heavy (non-hydrogen) atoms. The lowest BCUT2D eigenvalue weighted by molar-refractivity contribution is -0.0448. The van der Waals surface area contributed by atoms with Crippen LogP contribution in [0, 0.1) is 11.5 Å². The standard InChI is InChI=1S/C19H28F3NO2SSi/c1-14(2)27(15(3)4,16(5)6)12-11-17-9-7-8-10-18(17)13-23-26(24,25)19(20,21)22/h7-10,14-16,23H,13H2,1-6H3. The predicted molar refractivity (Wildman–Crippen MR) is 106 cm³/mol. The molecule has 8 heteroatoms. The Morgan fingerprint density at radius 1 is 1.00 bits per heavy atom. The van der Waals surface area contributed by atoms with E-state index in [2.05, 4.69) is 53.0 Å². The Kier molecular flexibility index (Phi) is 7.74. The summed E-state index contributed by atoms with van der Waals surface area (Å²) in [4.78, 5) is 0. The molecular weight excluding hydrogens is 391 g/mol. The lowest BCUT2D eigenvalue weighted by Crippen LogP contribution is -2.43. The molecule has 0 aromatic heterocycles. The van der Waals surface area contributed by atoms with Crippen LogP contribution in [0.4, 0.5) is 13.2 Å². The van der Waals surface area contributed by atoms with E-state index >= 15 is 0 Å². The van der Waals surface area contributed by atoms with Gasteiger partial charge in [0.25, 0.3) is 0 Å². The van der Waals surface area contributed by atoms with Gasteiger partial charge in [-0.15, -0.1) is 5.54 Å². The zero-order valence-electron chi connectivity index (χ0n) is 16.6. The molecule has 152 valence electrons. The number of nitrogens with one attached hydrogen (secondary N) is 1. The summed E-state index contributed by atoms with van der Waals surface area (Å²) in [6.07, 6.45) is 0. The van der Waals surface area contributed by atoms with Crippen molar-refractivity contribution in [3.8, 4) is 11.5 Å². The summed E-state index contributed by atoms with van der Waals surface area (Å²) in [6.45, 7) is 12.6. The fourth-order valence-electron chi connectivity index (χ4n) is 3.66. The van der Waals surface area contributed by atoms with Crippen LogP contribution in [0.2, 0.25) is 16.6 Å². The highest BCUT2D eigenvalue weighted by molar-refractivity contribution is 7.90. The van der Waals surface area contributed by atoms with Gasteiger partial charge in [-0.25, -0.2) is 13.1 Å². The highest BCUT2D eigenvalue weighted by Crippen LogP contribution is 2.40. The Hall–Kier alpha value is -1.30. The Morgan fingerprint density at radius 2 is 1.48 bits per heavy atom. The van der Waals surface area contributed by atoms with E-state index in [9.17, 15) is 21.6 Å². The van der Waals surface area contributed by atoms with E-state index in [1.807, 2.05) is 0 Å². The van der Waals surface area contributed by atoms with Crippen LogP contribution >= 0.6 is 0 Å². The molecule has 1 rings (SSSR count). The van der Waals surface area contributed by atoms with Crippen LogP contribution in [0.3, 0.4) is 0 Å². The molecule has 1 N–H and O–H groups in total. The lowest BCUT2D eigenvalue weighted by Gasteiger charge is -2.38. The molecule has 3 nitrogen and oxygen atoms in total. The van der Waals surface area contributed by atoms with Crippen LogP contribution in [0.15, 0.2) is 24.3 Å². The Balaban J connectivity index is 3.27. The van der Waals surface area contributed by atoms with Crippen LogP contribution in [0.5, 0.6) is 0 Å². The van der Waals surface area contributed by atoms with Crippen LogP contribution in [0.1, 0.15) is 52.7 Å². The first-order valence-electron chi connectivity index (χ1n) is 8.92. The number of hydrogen-bond acceptors (Lipinski definition) is 2.